The molecule has 0 amide bonds. The number of nitrogens with one attached hydrogen (secondary N) is 1. The normalized spacial score (nSPS) is 19.1. The molecule has 0 bridgehead atoms. The highest BCUT2D eigenvalue weighted by atomic mass is 35.5. The van der Waals surface area contributed by atoms with E-state index in [1.165, 1.54) is 5.56 Å². The van der Waals surface area contributed by atoms with Gasteiger partial charge in [-0.25, -0.2) is 8.42 Å². The first-order valence-electron chi connectivity index (χ1n) is 7.82. The standard InChI is InChI=1S/C16H26N2O2S.ClH/c1-4-13-8-9-16(11-14(13)5-2)21(19,20)18-10-6-7-15(18)12-17-3;/h8-9,11,15,17H,4-7,10,12H2,1-3H3;1H. The quantitative estimate of drug-likeness (QED) is 0.861. The van der Waals surface area contributed by atoms with Crippen LogP contribution in [0.4, 0.5) is 0 Å². The topological polar surface area (TPSA) is 49.4 Å². The van der Waals surface area contributed by atoms with Crippen LogP contribution in [-0.4, -0.2) is 38.9 Å². The number of hydrogen-bond donors (Lipinski definition) is 1. The monoisotopic (exact) mass is 346 g/mol. The molecule has 1 unspecified atom stereocenters. The number of nitrogens with zero attached hydrogens (tertiary/aromatic N) is 1. The molecule has 1 saturated heterocycles. The Balaban J connectivity index is 0.00000242. The van der Waals surface area contributed by atoms with Gasteiger partial charge in [0.25, 0.3) is 0 Å². The summed E-state index contributed by atoms with van der Waals surface area (Å²) in [5.74, 6) is 0. The molecule has 0 spiro atoms. The molecule has 1 fully saturated rings. The van der Waals surface area contributed by atoms with Gasteiger partial charge >= 0.3 is 0 Å². The molecule has 0 aromatic heterocycles. The maximum absolute atomic E-state index is 12.9. The first-order chi connectivity index (χ1) is 10.0. The van der Waals surface area contributed by atoms with E-state index in [4.69, 9.17) is 0 Å². The van der Waals surface area contributed by atoms with Crippen molar-refractivity contribution in [2.75, 3.05) is 20.1 Å². The molecule has 1 atom stereocenters. The van der Waals surface area contributed by atoms with Crippen LogP contribution in [-0.2, 0) is 22.9 Å². The molecule has 1 aromatic rings. The number of halogens is 1. The summed E-state index contributed by atoms with van der Waals surface area (Å²) in [7, 11) is -1.50. The van der Waals surface area contributed by atoms with Crippen molar-refractivity contribution in [1.29, 1.82) is 0 Å². The van der Waals surface area contributed by atoms with Crippen LogP contribution < -0.4 is 5.32 Å². The van der Waals surface area contributed by atoms with E-state index in [0.29, 0.717) is 18.0 Å². The lowest BCUT2D eigenvalue weighted by Crippen LogP contribution is -2.40. The molecule has 1 heterocycles. The molecular formula is C16H27ClN2O2S. The minimum absolute atomic E-state index is 0. The van der Waals surface area contributed by atoms with Gasteiger partial charge in [-0.1, -0.05) is 19.9 Å². The van der Waals surface area contributed by atoms with Crippen LogP contribution >= 0.6 is 12.4 Å². The van der Waals surface area contributed by atoms with Crippen LogP contribution in [0.1, 0.15) is 37.8 Å². The second kappa shape index (κ2) is 8.29. The van der Waals surface area contributed by atoms with Gasteiger partial charge in [0.1, 0.15) is 0 Å². The van der Waals surface area contributed by atoms with E-state index in [-0.39, 0.29) is 18.4 Å². The molecule has 0 radical (unpaired) electrons. The van der Waals surface area contributed by atoms with Crippen LogP contribution in [0.25, 0.3) is 0 Å². The number of aryl methyl sites for hydroxylation is 2. The van der Waals surface area contributed by atoms with E-state index in [1.54, 1.807) is 10.4 Å². The summed E-state index contributed by atoms with van der Waals surface area (Å²) in [6.45, 7) is 5.52. The molecule has 22 heavy (non-hydrogen) atoms. The van der Waals surface area contributed by atoms with Crippen molar-refractivity contribution in [1.82, 2.24) is 9.62 Å². The molecule has 1 aromatic carbocycles. The minimum atomic E-state index is -3.37. The molecule has 0 aliphatic carbocycles. The Morgan fingerprint density at radius 3 is 2.50 bits per heavy atom. The first-order valence-corrected chi connectivity index (χ1v) is 9.26. The average molecular weight is 347 g/mol. The molecule has 2 rings (SSSR count). The molecule has 1 aliphatic heterocycles. The first kappa shape index (κ1) is 19.4. The SMILES string of the molecule is CCc1ccc(S(=O)(=O)N2CCCC2CNC)cc1CC.Cl. The Morgan fingerprint density at radius 2 is 1.91 bits per heavy atom. The zero-order valence-electron chi connectivity index (χ0n) is 13.6. The zero-order chi connectivity index (χ0) is 15.5. The van der Waals surface area contributed by atoms with E-state index in [9.17, 15) is 8.42 Å². The van der Waals surface area contributed by atoms with Crippen LogP contribution in [0.15, 0.2) is 23.1 Å². The molecular weight excluding hydrogens is 320 g/mol. The fourth-order valence-corrected chi connectivity index (χ4v) is 4.88. The molecule has 4 nitrogen and oxygen atoms in total. The molecule has 0 saturated carbocycles. The van der Waals surface area contributed by atoms with Crippen LogP contribution in [0, 0.1) is 0 Å². The smallest absolute Gasteiger partial charge is 0.243 e. The summed E-state index contributed by atoms with van der Waals surface area (Å²) in [6, 6.07) is 5.68. The lowest BCUT2D eigenvalue weighted by Gasteiger charge is -2.24. The van der Waals surface area contributed by atoms with E-state index in [2.05, 4.69) is 19.2 Å². The van der Waals surface area contributed by atoms with Crippen LogP contribution in [0.5, 0.6) is 0 Å². The lowest BCUT2D eigenvalue weighted by atomic mass is 10.0. The van der Waals surface area contributed by atoms with E-state index in [0.717, 1.165) is 31.2 Å². The predicted octanol–water partition coefficient (Wildman–Crippen LogP) is 2.61. The van der Waals surface area contributed by atoms with E-state index >= 15 is 0 Å². The second-order valence-corrected chi connectivity index (χ2v) is 7.50. The summed E-state index contributed by atoms with van der Waals surface area (Å²) in [6.07, 6.45) is 3.69. The van der Waals surface area contributed by atoms with Gasteiger partial charge in [-0.15, -0.1) is 12.4 Å². The summed E-state index contributed by atoms with van der Waals surface area (Å²) >= 11 is 0. The van der Waals surface area contributed by atoms with Gasteiger partial charge in [-0.2, -0.15) is 4.31 Å². The summed E-state index contributed by atoms with van der Waals surface area (Å²) in [4.78, 5) is 0.444. The van der Waals surface area contributed by atoms with Gasteiger partial charge in [-0.05, 0) is 56.0 Å². The zero-order valence-corrected chi connectivity index (χ0v) is 15.3. The molecule has 1 aliphatic rings. The highest BCUT2D eigenvalue weighted by molar-refractivity contribution is 7.89. The Bertz CT molecular complexity index is 590. The van der Waals surface area contributed by atoms with Gasteiger partial charge in [0, 0.05) is 19.1 Å². The third-order valence-electron chi connectivity index (χ3n) is 4.31. The summed E-state index contributed by atoms with van der Waals surface area (Å²) in [5.41, 5.74) is 2.38. The third kappa shape index (κ3) is 3.82. The van der Waals surface area contributed by atoms with Crippen molar-refractivity contribution in [2.45, 2.75) is 50.5 Å². The number of hydrogen-bond acceptors (Lipinski definition) is 3. The Morgan fingerprint density at radius 1 is 1.23 bits per heavy atom. The molecule has 1 N–H and O–H groups in total. The summed E-state index contributed by atoms with van der Waals surface area (Å²) in [5, 5.41) is 3.10. The van der Waals surface area contributed by atoms with Gasteiger partial charge < -0.3 is 5.32 Å². The fraction of sp³-hybridized carbons (Fsp3) is 0.625. The van der Waals surface area contributed by atoms with Crippen molar-refractivity contribution < 1.29 is 8.42 Å². The fourth-order valence-electron chi connectivity index (χ4n) is 3.14. The van der Waals surface area contributed by atoms with Gasteiger partial charge in [0.2, 0.25) is 10.0 Å². The Kier molecular flexibility index (Phi) is 7.32. The van der Waals surface area contributed by atoms with Gasteiger partial charge in [-0.3, -0.25) is 0 Å². The van der Waals surface area contributed by atoms with Crippen molar-refractivity contribution in [3.63, 3.8) is 0 Å². The lowest BCUT2D eigenvalue weighted by molar-refractivity contribution is 0.379. The average Bonchev–Trinajstić information content (AvgIpc) is 2.96. The van der Waals surface area contributed by atoms with Crippen molar-refractivity contribution in [3.8, 4) is 0 Å². The highest BCUT2D eigenvalue weighted by Crippen LogP contribution is 2.27. The third-order valence-corrected chi connectivity index (χ3v) is 6.26. The molecule has 126 valence electrons. The summed E-state index contributed by atoms with van der Waals surface area (Å²) < 4.78 is 27.4. The largest absolute Gasteiger partial charge is 0.318 e. The van der Waals surface area contributed by atoms with Crippen molar-refractivity contribution >= 4 is 22.4 Å². The van der Waals surface area contributed by atoms with Crippen LogP contribution in [0.2, 0.25) is 0 Å². The van der Waals surface area contributed by atoms with Gasteiger partial charge in [0.15, 0.2) is 0 Å². The Labute approximate surface area is 140 Å². The number of likely N-dealkylation sites (N-methyl/N-ethyl adjacent to an activating group) is 1. The maximum Gasteiger partial charge on any atom is 0.243 e. The number of benzene rings is 1. The number of sulfonamides is 1. The second-order valence-electron chi connectivity index (χ2n) is 5.61. The van der Waals surface area contributed by atoms with Crippen LogP contribution in [0.3, 0.4) is 0 Å². The molecule has 6 heteroatoms. The Hall–Kier alpha value is -0.620. The predicted molar refractivity (Wildman–Crippen MR) is 93.3 cm³/mol. The van der Waals surface area contributed by atoms with E-state index in [1.807, 2.05) is 19.2 Å². The van der Waals surface area contributed by atoms with Crippen molar-refractivity contribution in [2.24, 2.45) is 0 Å². The maximum atomic E-state index is 12.9. The number of rotatable bonds is 6. The van der Waals surface area contributed by atoms with Gasteiger partial charge in [0.05, 0.1) is 4.90 Å². The minimum Gasteiger partial charge on any atom is -0.318 e. The van der Waals surface area contributed by atoms with Crippen molar-refractivity contribution in [3.05, 3.63) is 29.3 Å². The highest BCUT2D eigenvalue weighted by Gasteiger charge is 2.34. The van der Waals surface area contributed by atoms with E-state index < -0.39 is 10.0 Å².